The second-order valence-corrected chi connectivity index (χ2v) is 6.74. The number of aryl methyl sites for hydroxylation is 1. The Balaban J connectivity index is 1.26. The highest BCUT2D eigenvalue weighted by molar-refractivity contribution is 5.82. The number of amides is 1. The molecule has 0 aliphatic carbocycles. The molecule has 5 heteroatoms. The summed E-state index contributed by atoms with van der Waals surface area (Å²) in [6.45, 7) is 2.66. The Kier molecular flexibility index (Phi) is 4.24. The van der Waals surface area contributed by atoms with E-state index >= 15 is 0 Å². The highest BCUT2D eigenvalue weighted by Gasteiger charge is 2.33. The molecule has 5 nitrogen and oxygen atoms in total. The average Bonchev–Trinajstić information content (AvgIpc) is 3.29. The zero-order valence-electron chi connectivity index (χ0n) is 13.8. The number of ether oxygens (including phenoxy) is 1. The fourth-order valence-electron chi connectivity index (χ4n) is 3.71. The first kappa shape index (κ1) is 15.2. The van der Waals surface area contributed by atoms with Gasteiger partial charge in [-0.15, -0.1) is 0 Å². The number of likely N-dealkylation sites (tertiary alicyclic amines) is 1. The molecule has 0 N–H and O–H groups in total. The van der Waals surface area contributed by atoms with E-state index in [4.69, 9.17) is 4.74 Å². The molecule has 4 rings (SSSR count). The lowest BCUT2D eigenvalue weighted by atomic mass is 9.93. The minimum absolute atomic E-state index is 0.150. The van der Waals surface area contributed by atoms with Gasteiger partial charge < -0.3 is 9.64 Å². The molecule has 1 saturated heterocycles. The molecule has 2 aliphatic heterocycles. The summed E-state index contributed by atoms with van der Waals surface area (Å²) < 4.78 is 7.83. The number of rotatable bonds is 4. The molecule has 0 unspecified atom stereocenters. The van der Waals surface area contributed by atoms with Gasteiger partial charge in [0.15, 0.2) is 6.10 Å². The summed E-state index contributed by atoms with van der Waals surface area (Å²) in [7, 11) is 0. The number of nitrogens with zero attached hydrogens (tertiary/aromatic N) is 3. The van der Waals surface area contributed by atoms with Crippen molar-refractivity contribution in [2.75, 3.05) is 13.1 Å². The summed E-state index contributed by atoms with van der Waals surface area (Å²) in [5.74, 6) is 1.70. The van der Waals surface area contributed by atoms with Gasteiger partial charge in [-0.2, -0.15) is 5.10 Å². The Morgan fingerprint density at radius 3 is 2.79 bits per heavy atom. The van der Waals surface area contributed by atoms with Gasteiger partial charge >= 0.3 is 0 Å². The molecular weight excluding hydrogens is 302 g/mol. The zero-order chi connectivity index (χ0) is 16.4. The second-order valence-electron chi connectivity index (χ2n) is 6.74. The van der Waals surface area contributed by atoms with Crippen molar-refractivity contribution in [3.05, 3.63) is 48.3 Å². The third kappa shape index (κ3) is 3.16. The molecule has 1 atom stereocenters. The number of benzene rings is 1. The maximum absolute atomic E-state index is 12.7. The summed E-state index contributed by atoms with van der Waals surface area (Å²) in [6.07, 6.45) is 7.49. The number of para-hydroxylation sites is 1. The summed E-state index contributed by atoms with van der Waals surface area (Å²) >= 11 is 0. The van der Waals surface area contributed by atoms with Gasteiger partial charge in [0, 0.05) is 38.4 Å². The van der Waals surface area contributed by atoms with Crippen molar-refractivity contribution in [3.63, 3.8) is 0 Å². The van der Waals surface area contributed by atoms with E-state index in [0.29, 0.717) is 12.3 Å². The molecule has 0 radical (unpaired) electrons. The first-order valence-corrected chi connectivity index (χ1v) is 8.80. The van der Waals surface area contributed by atoms with Gasteiger partial charge in [0.25, 0.3) is 5.91 Å². The van der Waals surface area contributed by atoms with Gasteiger partial charge in [0.1, 0.15) is 5.75 Å². The Hall–Kier alpha value is -2.30. The lowest BCUT2D eigenvalue weighted by Crippen LogP contribution is -2.45. The summed E-state index contributed by atoms with van der Waals surface area (Å²) in [6, 6.07) is 9.91. The van der Waals surface area contributed by atoms with E-state index in [-0.39, 0.29) is 12.0 Å². The molecule has 0 bridgehead atoms. The number of hydrogen-bond donors (Lipinski definition) is 0. The molecule has 2 aliphatic rings. The Morgan fingerprint density at radius 2 is 2.04 bits per heavy atom. The number of aromatic nitrogens is 2. The molecule has 2 aromatic rings. The molecule has 0 spiro atoms. The van der Waals surface area contributed by atoms with Crippen molar-refractivity contribution < 1.29 is 9.53 Å². The monoisotopic (exact) mass is 325 g/mol. The molecule has 1 amide bonds. The van der Waals surface area contributed by atoms with Crippen LogP contribution in [-0.2, 0) is 17.8 Å². The fourth-order valence-corrected chi connectivity index (χ4v) is 3.71. The predicted molar refractivity (Wildman–Crippen MR) is 90.7 cm³/mol. The molecule has 126 valence electrons. The standard InChI is InChI=1S/C19H23N3O2/c23-19(18-14-16-4-1-2-5-17(16)24-18)21-11-6-15(7-12-21)8-13-22-10-3-9-20-22/h1-5,9-10,15,18H,6-8,11-14H2/t18-/m1/s1. The third-order valence-electron chi connectivity index (χ3n) is 5.17. The Bertz CT molecular complexity index is 665. The summed E-state index contributed by atoms with van der Waals surface area (Å²) in [4.78, 5) is 14.7. The minimum Gasteiger partial charge on any atom is -0.480 e. The molecule has 1 aromatic heterocycles. The van der Waals surface area contributed by atoms with Crippen molar-refractivity contribution in [3.8, 4) is 5.75 Å². The number of carbonyl (C=O) groups excluding carboxylic acids is 1. The number of piperidine rings is 1. The molecule has 1 aromatic carbocycles. The van der Waals surface area contributed by atoms with Crippen LogP contribution in [0.4, 0.5) is 0 Å². The molecule has 0 saturated carbocycles. The third-order valence-corrected chi connectivity index (χ3v) is 5.17. The van der Waals surface area contributed by atoms with Crippen LogP contribution in [0.15, 0.2) is 42.7 Å². The van der Waals surface area contributed by atoms with Crippen molar-refractivity contribution >= 4 is 5.91 Å². The van der Waals surface area contributed by atoms with Crippen LogP contribution in [0.25, 0.3) is 0 Å². The topological polar surface area (TPSA) is 47.4 Å². The zero-order valence-corrected chi connectivity index (χ0v) is 13.8. The van der Waals surface area contributed by atoms with Crippen LogP contribution < -0.4 is 4.74 Å². The van der Waals surface area contributed by atoms with E-state index in [2.05, 4.69) is 5.10 Å². The Morgan fingerprint density at radius 1 is 1.21 bits per heavy atom. The van der Waals surface area contributed by atoms with Crippen LogP contribution in [0.5, 0.6) is 5.75 Å². The van der Waals surface area contributed by atoms with Gasteiger partial charge in [-0.3, -0.25) is 9.48 Å². The van der Waals surface area contributed by atoms with Crippen LogP contribution in [0.2, 0.25) is 0 Å². The van der Waals surface area contributed by atoms with E-state index in [1.54, 1.807) is 0 Å². The molecule has 3 heterocycles. The second kappa shape index (κ2) is 6.67. The van der Waals surface area contributed by atoms with Crippen LogP contribution in [0.3, 0.4) is 0 Å². The Labute approximate surface area is 142 Å². The largest absolute Gasteiger partial charge is 0.480 e. The van der Waals surface area contributed by atoms with Crippen LogP contribution in [0.1, 0.15) is 24.8 Å². The summed E-state index contributed by atoms with van der Waals surface area (Å²) in [5.41, 5.74) is 1.14. The first-order valence-electron chi connectivity index (χ1n) is 8.80. The van der Waals surface area contributed by atoms with E-state index in [9.17, 15) is 4.79 Å². The van der Waals surface area contributed by atoms with Crippen molar-refractivity contribution in [1.29, 1.82) is 0 Å². The average molecular weight is 325 g/mol. The molecule has 1 fully saturated rings. The van der Waals surface area contributed by atoms with Gasteiger partial charge in [-0.25, -0.2) is 0 Å². The van der Waals surface area contributed by atoms with E-state index in [1.807, 2.05) is 52.3 Å². The lowest BCUT2D eigenvalue weighted by molar-refractivity contribution is -0.139. The molecular formula is C19H23N3O2. The normalized spacial score (nSPS) is 20.7. The fraction of sp³-hybridized carbons (Fsp3) is 0.474. The van der Waals surface area contributed by atoms with E-state index in [1.165, 1.54) is 0 Å². The smallest absolute Gasteiger partial charge is 0.263 e. The van der Waals surface area contributed by atoms with E-state index < -0.39 is 0 Å². The number of hydrogen-bond acceptors (Lipinski definition) is 3. The van der Waals surface area contributed by atoms with Crippen LogP contribution >= 0.6 is 0 Å². The van der Waals surface area contributed by atoms with Crippen molar-refractivity contribution in [1.82, 2.24) is 14.7 Å². The minimum atomic E-state index is -0.331. The lowest BCUT2D eigenvalue weighted by Gasteiger charge is -2.33. The molecule has 24 heavy (non-hydrogen) atoms. The van der Waals surface area contributed by atoms with Gasteiger partial charge in [-0.1, -0.05) is 18.2 Å². The maximum atomic E-state index is 12.7. The van der Waals surface area contributed by atoms with Gasteiger partial charge in [-0.05, 0) is 42.9 Å². The maximum Gasteiger partial charge on any atom is 0.263 e. The predicted octanol–water partition coefficient (Wildman–Crippen LogP) is 2.52. The number of fused-ring (bicyclic) bond motifs is 1. The SMILES string of the molecule is O=C([C@H]1Cc2ccccc2O1)N1CCC(CCn2cccn2)CC1. The highest BCUT2D eigenvalue weighted by atomic mass is 16.5. The van der Waals surface area contributed by atoms with Gasteiger partial charge in [0.2, 0.25) is 0 Å². The number of carbonyl (C=O) groups is 1. The van der Waals surface area contributed by atoms with Crippen LogP contribution in [0, 0.1) is 5.92 Å². The van der Waals surface area contributed by atoms with E-state index in [0.717, 1.165) is 50.2 Å². The first-order chi connectivity index (χ1) is 11.8. The van der Waals surface area contributed by atoms with Crippen molar-refractivity contribution in [2.45, 2.75) is 38.3 Å². The van der Waals surface area contributed by atoms with Gasteiger partial charge in [0.05, 0.1) is 0 Å². The highest BCUT2D eigenvalue weighted by Crippen LogP contribution is 2.30. The van der Waals surface area contributed by atoms with Crippen molar-refractivity contribution in [2.24, 2.45) is 5.92 Å². The van der Waals surface area contributed by atoms with Crippen LogP contribution in [-0.4, -0.2) is 39.8 Å². The quantitative estimate of drug-likeness (QED) is 0.868. The summed E-state index contributed by atoms with van der Waals surface area (Å²) in [5, 5.41) is 4.25.